The van der Waals surface area contributed by atoms with E-state index in [4.69, 9.17) is 9.40 Å². The fourth-order valence-electron chi connectivity index (χ4n) is 7.30. The molecule has 8 aromatic rings. The highest BCUT2D eigenvalue weighted by Gasteiger charge is 2.37. The lowest BCUT2D eigenvalue weighted by molar-refractivity contribution is 0.656. The van der Waals surface area contributed by atoms with Crippen molar-refractivity contribution >= 4 is 21.9 Å². The average Bonchev–Trinajstić information content (AvgIpc) is 3.60. The quantitative estimate of drug-likeness (QED) is 0.204. The van der Waals surface area contributed by atoms with Crippen LogP contribution < -0.4 is 0 Å². The van der Waals surface area contributed by atoms with Crippen LogP contribution in [0, 0.1) is 0 Å². The van der Waals surface area contributed by atoms with E-state index in [1.807, 2.05) is 18.2 Å². The van der Waals surface area contributed by atoms with Crippen LogP contribution in [0.4, 0.5) is 0 Å². The van der Waals surface area contributed by atoms with Crippen molar-refractivity contribution in [1.29, 1.82) is 0 Å². The second-order valence-corrected chi connectivity index (χ2v) is 12.8. The van der Waals surface area contributed by atoms with Crippen molar-refractivity contribution in [1.82, 2.24) is 4.98 Å². The first-order chi connectivity index (χ1) is 22.5. The highest BCUT2D eigenvalue weighted by atomic mass is 16.3. The lowest BCUT2D eigenvalue weighted by Gasteiger charge is -2.21. The van der Waals surface area contributed by atoms with Crippen LogP contribution >= 0.6 is 0 Å². The van der Waals surface area contributed by atoms with Crippen molar-refractivity contribution in [2.45, 2.75) is 19.3 Å². The Morgan fingerprint density at radius 2 is 1.02 bits per heavy atom. The molecule has 2 heterocycles. The Morgan fingerprint density at radius 3 is 1.70 bits per heavy atom. The summed E-state index contributed by atoms with van der Waals surface area (Å²) in [6.45, 7) is 4.67. The Labute approximate surface area is 268 Å². The van der Waals surface area contributed by atoms with Crippen LogP contribution in [-0.2, 0) is 5.41 Å². The van der Waals surface area contributed by atoms with Gasteiger partial charge in [0, 0.05) is 27.3 Å². The molecule has 0 atom stereocenters. The van der Waals surface area contributed by atoms with Crippen LogP contribution in [0.3, 0.4) is 0 Å². The Morgan fingerprint density at radius 1 is 0.457 bits per heavy atom. The van der Waals surface area contributed by atoms with Gasteiger partial charge in [0.15, 0.2) is 0 Å². The number of hydrogen-bond acceptors (Lipinski definition) is 2. The largest absolute Gasteiger partial charge is 0.456 e. The van der Waals surface area contributed by atoms with Crippen LogP contribution in [0.15, 0.2) is 156 Å². The monoisotopic (exact) mass is 589 g/mol. The summed E-state index contributed by atoms with van der Waals surface area (Å²) in [6.07, 6.45) is 0. The Bertz CT molecular complexity index is 2360. The third-order valence-corrected chi connectivity index (χ3v) is 9.70. The second-order valence-electron chi connectivity index (χ2n) is 12.8. The van der Waals surface area contributed by atoms with Crippen LogP contribution in [0.25, 0.3) is 77.8 Å². The molecule has 218 valence electrons. The minimum atomic E-state index is -0.0894. The van der Waals surface area contributed by atoms with Crippen molar-refractivity contribution in [3.63, 3.8) is 0 Å². The molecule has 0 aliphatic heterocycles. The van der Waals surface area contributed by atoms with E-state index in [0.717, 1.165) is 39.2 Å². The van der Waals surface area contributed by atoms with Crippen molar-refractivity contribution in [2.24, 2.45) is 0 Å². The van der Waals surface area contributed by atoms with Crippen LogP contribution in [0.2, 0.25) is 0 Å². The number of nitrogens with zero attached hydrogens (tertiary/aromatic N) is 1. The number of furan rings is 1. The minimum absolute atomic E-state index is 0.0894. The topological polar surface area (TPSA) is 26.0 Å². The average molecular weight is 590 g/mol. The molecule has 0 radical (unpaired) electrons. The van der Waals surface area contributed by atoms with Gasteiger partial charge in [-0.05, 0) is 74.8 Å². The molecule has 1 aliphatic carbocycles. The molecule has 0 saturated carbocycles. The fraction of sp³-hybridized carbons (Fsp3) is 0.0682. The Balaban J connectivity index is 1.15. The molecule has 46 heavy (non-hydrogen) atoms. The summed E-state index contributed by atoms with van der Waals surface area (Å²) in [5.74, 6) is 0. The lowest BCUT2D eigenvalue weighted by Crippen LogP contribution is -2.14. The number of benzene rings is 6. The Kier molecular flexibility index (Phi) is 5.88. The molecule has 0 bridgehead atoms. The van der Waals surface area contributed by atoms with Gasteiger partial charge in [-0.3, -0.25) is 0 Å². The van der Waals surface area contributed by atoms with Crippen molar-refractivity contribution in [3.05, 3.63) is 163 Å². The van der Waals surface area contributed by atoms with E-state index in [1.165, 1.54) is 49.7 Å². The standard InChI is InChI=1S/C44H31NO/c1-44(2)36-22-21-32(25-35(36)42-37(44)23-24-41-43(42)34-15-9-10-16-40(34)46-41)28-17-19-29(20-18-28)33-26-38(30-11-5-3-6-12-30)45-39(27-33)31-13-7-4-8-14-31/h3-27H,1-2H3. The number of rotatable bonds is 4. The number of para-hydroxylation sites is 1. The summed E-state index contributed by atoms with van der Waals surface area (Å²) in [6, 6.07) is 54.0. The van der Waals surface area contributed by atoms with Crippen LogP contribution in [-0.4, -0.2) is 4.98 Å². The molecule has 0 unspecified atom stereocenters. The zero-order chi connectivity index (χ0) is 30.8. The fourth-order valence-corrected chi connectivity index (χ4v) is 7.30. The van der Waals surface area contributed by atoms with Gasteiger partial charge in [0.05, 0.1) is 11.4 Å². The van der Waals surface area contributed by atoms with Crippen molar-refractivity contribution in [2.75, 3.05) is 0 Å². The molecule has 2 aromatic heterocycles. The summed E-state index contributed by atoms with van der Waals surface area (Å²) < 4.78 is 6.30. The predicted octanol–water partition coefficient (Wildman–Crippen LogP) is 12.0. The molecule has 0 spiro atoms. The van der Waals surface area contributed by atoms with Crippen LogP contribution in [0.5, 0.6) is 0 Å². The molecular formula is C44H31NO. The van der Waals surface area contributed by atoms with Crippen molar-refractivity contribution < 1.29 is 4.42 Å². The number of fused-ring (bicyclic) bond motifs is 7. The molecule has 2 nitrogen and oxygen atoms in total. The van der Waals surface area contributed by atoms with Crippen LogP contribution in [0.1, 0.15) is 25.0 Å². The van der Waals surface area contributed by atoms with Crippen molar-refractivity contribution in [3.8, 4) is 55.9 Å². The third-order valence-electron chi connectivity index (χ3n) is 9.70. The van der Waals surface area contributed by atoms with E-state index in [2.05, 4.69) is 147 Å². The molecule has 0 saturated heterocycles. The zero-order valence-electron chi connectivity index (χ0n) is 25.8. The van der Waals surface area contributed by atoms with Gasteiger partial charge in [0.1, 0.15) is 11.2 Å². The maximum absolute atomic E-state index is 6.30. The summed E-state index contributed by atoms with van der Waals surface area (Å²) >= 11 is 0. The summed E-state index contributed by atoms with van der Waals surface area (Å²) in [5.41, 5.74) is 16.0. The molecule has 6 aromatic carbocycles. The maximum Gasteiger partial charge on any atom is 0.136 e. The van der Waals surface area contributed by atoms with E-state index >= 15 is 0 Å². The summed E-state index contributed by atoms with van der Waals surface area (Å²) in [7, 11) is 0. The van der Waals surface area contributed by atoms with Gasteiger partial charge in [0.2, 0.25) is 0 Å². The smallest absolute Gasteiger partial charge is 0.136 e. The first-order valence-electron chi connectivity index (χ1n) is 15.9. The van der Waals surface area contributed by atoms with E-state index in [9.17, 15) is 0 Å². The zero-order valence-corrected chi connectivity index (χ0v) is 25.8. The number of pyridine rings is 1. The van der Waals surface area contributed by atoms with Gasteiger partial charge in [-0.15, -0.1) is 0 Å². The minimum Gasteiger partial charge on any atom is -0.456 e. The molecule has 2 heteroatoms. The normalized spacial score (nSPS) is 13.2. The third kappa shape index (κ3) is 4.14. The van der Waals surface area contributed by atoms with Gasteiger partial charge in [-0.25, -0.2) is 4.98 Å². The number of hydrogen-bond donors (Lipinski definition) is 0. The predicted molar refractivity (Wildman–Crippen MR) is 191 cm³/mol. The summed E-state index contributed by atoms with van der Waals surface area (Å²) in [4.78, 5) is 5.06. The molecule has 1 aliphatic rings. The highest BCUT2D eigenvalue weighted by molar-refractivity contribution is 6.15. The van der Waals surface area contributed by atoms with Gasteiger partial charge in [-0.1, -0.05) is 135 Å². The van der Waals surface area contributed by atoms with E-state index in [-0.39, 0.29) is 5.41 Å². The molecule has 0 N–H and O–H groups in total. The number of aromatic nitrogens is 1. The first-order valence-corrected chi connectivity index (χ1v) is 15.9. The molecule has 0 fully saturated rings. The van der Waals surface area contributed by atoms with Gasteiger partial charge < -0.3 is 4.42 Å². The van der Waals surface area contributed by atoms with E-state index in [1.54, 1.807) is 0 Å². The first kappa shape index (κ1) is 26.7. The molecule has 9 rings (SSSR count). The van der Waals surface area contributed by atoms with Gasteiger partial charge >= 0.3 is 0 Å². The summed E-state index contributed by atoms with van der Waals surface area (Å²) in [5, 5.41) is 2.39. The second kappa shape index (κ2) is 10.2. The van der Waals surface area contributed by atoms with Gasteiger partial charge in [0.25, 0.3) is 0 Å². The Hall–Kier alpha value is -5.73. The highest BCUT2D eigenvalue weighted by Crippen LogP contribution is 2.53. The van der Waals surface area contributed by atoms with E-state index in [0.29, 0.717) is 0 Å². The van der Waals surface area contributed by atoms with Gasteiger partial charge in [-0.2, -0.15) is 0 Å². The maximum atomic E-state index is 6.30. The lowest BCUT2D eigenvalue weighted by atomic mass is 9.82. The van der Waals surface area contributed by atoms with E-state index < -0.39 is 0 Å². The molecule has 0 amide bonds. The molecular weight excluding hydrogens is 558 g/mol. The SMILES string of the molecule is CC1(C)c2ccc(-c3ccc(-c4cc(-c5ccccc5)nc(-c5ccccc5)c4)cc3)cc2-c2c1ccc1oc3ccccc3c21.